The van der Waals surface area contributed by atoms with Crippen molar-refractivity contribution >= 4 is 21.7 Å². The zero-order chi connectivity index (χ0) is 20.9. The molecule has 0 radical (unpaired) electrons. The quantitative estimate of drug-likeness (QED) is 0.775. The average molecular weight is 418 g/mol. The molecular weight excluding hydrogens is 390 g/mol. The molecule has 1 aliphatic heterocycles. The fraction of sp³-hybridized carbons (Fsp3) is 0.429. The molecule has 7 nitrogen and oxygen atoms in total. The van der Waals surface area contributed by atoms with Crippen molar-refractivity contribution in [1.82, 2.24) is 9.88 Å². The van der Waals surface area contributed by atoms with Crippen LogP contribution in [0.3, 0.4) is 0 Å². The molecule has 1 aromatic carbocycles. The van der Waals surface area contributed by atoms with E-state index in [1.165, 1.54) is 6.26 Å². The van der Waals surface area contributed by atoms with Crippen LogP contribution in [0, 0.1) is 5.92 Å². The Morgan fingerprint density at radius 1 is 1.14 bits per heavy atom. The van der Waals surface area contributed by atoms with E-state index in [9.17, 15) is 13.2 Å². The maximum Gasteiger partial charge on any atom is 0.409 e. The van der Waals surface area contributed by atoms with E-state index in [-0.39, 0.29) is 6.09 Å². The van der Waals surface area contributed by atoms with Gasteiger partial charge in [-0.1, -0.05) is 12.1 Å². The van der Waals surface area contributed by atoms with E-state index in [4.69, 9.17) is 4.74 Å². The number of hydrogen-bond donors (Lipinski definition) is 1. The molecule has 2 heterocycles. The molecule has 1 aliphatic rings. The largest absolute Gasteiger partial charge is 0.450 e. The molecule has 0 spiro atoms. The van der Waals surface area contributed by atoms with Crippen molar-refractivity contribution in [3.05, 3.63) is 42.6 Å². The van der Waals surface area contributed by atoms with Crippen LogP contribution < -0.4 is 5.32 Å². The molecule has 156 valence electrons. The first kappa shape index (κ1) is 21.1. The molecule has 2 aromatic rings. The molecule has 29 heavy (non-hydrogen) atoms. The van der Waals surface area contributed by atoms with Gasteiger partial charge in [-0.2, -0.15) is 0 Å². The molecule has 1 aromatic heterocycles. The van der Waals surface area contributed by atoms with Crippen molar-refractivity contribution in [2.24, 2.45) is 5.92 Å². The van der Waals surface area contributed by atoms with Gasteiger partial charge in [-0.3, -0.25) is 0 Å². The van der Waals surface area contributed by atoms with Crippen LogP contribution in [-0.4, -0.2) is 56.9 Å². The number of carbonyl (C=O) groups excluding carboxylic acids is 1. The maximum atomic E-state index is 11.7. The van der Waals surface area contributed by atoms with Crippen LogP contribution in [0.15, 0.2) is 47.5 Å². The van der Waals surface area contributed by atoms with Crippen LogP contribution in [0.4, 0.5) is 10.6 Å². The van der Waals surface area contributed by atoms with Gasteiger partial charge in [-0.05, 0) is 55.5 Å². The highest BCUT2D eigenvalue weighted by Gasteiger charge is 2.23. The number of piperidine rings is 1. The molecular formula is C21H27N3O4S. The Labute approximate surface area is 172 Å². The highest BCUT2D eigenvalue weighted by Crippen LogP contribution is 2.23. The highest BCUT2D eigenvalue weighted by molar-refractivity contribution is 7.90. The summed E-state index contributed by atoms with van der Waals surface area (Å²) in [5, 5.41) is 3.37. The summed E-state index contributed by atoms with van der Waals surface area (Å²) in [6, 6.07) is 10.7. The second kappa shape index (κ2) is 9.26. The Kier molecular flexibility index (Phi) is 6.74. The standard InChI is InChI=1S/C21H27N3O4S/c1-3-28-21(25)24-12-10-16(11-13-24)14-22-20-9-6-18(15-23-20)17-4-7-19(8-5-17)29(2,26)27/h4-9,15-16H,3,10-14H2,1-2H3,(H,22,23). The van der Waals surface area contributed by atoms with E-state index in [1.807, 2.05) is 19.1 Å². The number of hydrogen-bond acceptors (Lipinski definition) is 6. The fourth-order valence-corrected chi connectivity index (χ4v) is 3.98. The van der Waals surface area contributed by atoms with Gasteiger partial charge in [0.1, 0.15) is 5.82 Å². The third kappa shape index (κ3) is 5.69. The number of ether oxygens (including phenoxy) is 1. The molecule has 8 heteroatoms. The summed E-state index contributed by atoms with van der Waals surface area (Å²) in [5.74, 6) is 1.29. The predicted molar refractivity (Wildman–Crippen MR) is 113 cm³/mol. The number of pyridine rings is 1. The Morgan fingerprint density at radius 3 is 2.34 bits per heavy atom. The second-order valence-electron chi connectivity index (χ2n) is 7.24. The van der Waals surface area contributed by atoms with E-state index in [0.717, 1.165) is 49.4 Å². The van der Waals surface area contributed by atoms with E-state index in [1.54, 1.807) is 35.4 Å². The number of amides is 1. The first-order valence-corrected chi connectivity index (χ1v) is 11.7. The summed E-state index contributed by atoms with van der Waals surface area (Å²) < 4.78 is 28.2. The normalized spacial score (nSPS) is 15.2. The molecule has 0 atom stereocenters. The summed E-state index contributed by atoms with van der Waals surface area (Å²) in [4.78, 5) is 18.3. The summed E-state index contributed by atoms with van der Waals surface area (Å²) >= 11 is 0. The monoisotopic (exact) mass is 417 g/mol. The van der Waals surface area contributed by atoms with Gasteiger partial charge < -0.3 is 15.0 Å². The van der Waals surface area contributed by atoms with E-state index >= 15 is 0 Å². The van der Waals surface area contributed by atoms with E-state index < -0.39 is 9.84 Å². The molecule has 0 bridgehead atoms. The van der Waals surface area contributed by atoms with Crippen molar-refractivity contribution in [2.45, 2.75) is 24.7 Å². The molecule has 0 aliphatic carbocycles. The summed E-state index contributed by atoms with van der Waals surface area (Å²) in [5.41, 5.74) is 1.85. The van der Waals surface area contributed by atoms with Crippen molar-refractivity contribution in [1.29, 1.82) is 0 Å². The molecule has 1 fully saturated rings. The lowest BCUT2D eigenvalue weighted by atomic mass is 9.97. The lowest BCUT2D eigenvalue weighted by molar-refractivity contribution is 0.0928. The molecule has 0 unspecified atom stereocenters. The van der Waals surface area contributed by atoms with Crippen molar-refractivity contribution in [2.75, 3.05) is 37.8 Å². The number of sulfone groups is 1. The number of anilines is 1. The van der Waals surface area contributed by atoms with Gasteiger partial charge in [0, 0.05) is 37.7 Å². The molecule has 1 N–H and O–H groups in total. The fourth-order valence-electron chi connectivity index (χ4n) is 3.35. The summed E-state index contributed by atoms with van der Waals surface area (Å²) in [7, 11) is -3.19. The molecule has 0 saturated carbocycles. The SMILES string of the molecule is CCOC(=O)N1CCC(CNc2ccc(-c3ccc(S(C)(=O)=O)cc3)cn2)CC1. The minimum Gasteiger partial charge on any atom is -0.450 e. The number of benzene rings is 1. The minimum absolute atomic E-state index is 0.222. The summed E-state index contributed by atoms with van der Waals surface area (Å²) in [6.45, 7) is 4.48. The number of likely N-dealkylation sites (tertiary alicyclic amines) is 1. The third-order valence-corrected chi connectivity index (χ3v) is 6.22. The van der Waals surface area contributed by atoms with Gasteiger partial charge in [0.05, 0.1) is 11.5 Å². The Bertz CT molecular complexity index is 919. The van der Waals surface area contributed by atoms with Crippen LogP contribution in [0.2, 0.25) is 0 Å². The number of carbonyl (C=O) groups is 1. The molecule has 1 saturated heterocycles. The number of nitrogens with zero attached hydrogens (tertiary/aromatic N) is 2. The zero-order valence-corrected chi connectivity index (χ0v) is 17.6. The predicted octanol–water partition coefficient (Wildman–Crippen LogP) is 3.43. The topological polar surface area (TPSA) is 88.6 Å². The Balaban J connectivity index is 1.51. The van der Waals surface area contributed by atoms with Crippen LogP contribution in [0.1, 0.15) is 19.8 Å². The number of nitrogens with one attached hydrogen (secondary N) is 1. The lowest BCUT2D eigenvalue weighted by Gasteiger charge is -2.31. The Morgan fingerprint density at radius 2 is 1.79 bits per heavy atom. The van der Waals surface area contributed by atoms with Gasteiger partial charge in [-0.15, -0.1) is 0 Å². The highest BCUT2D eigenvalue weighted by atomic mass is 32.2. The van der Waals surface area contributed by atoms with Gasteiger partial charge in [0.15, 0.2) is 9.84 Å². The minimum atomic E-state index is -3.19. The number of aromatic nitrogens is 1. The van der Waals surface area contributed by atoms with Crippen molar-refractivity contribution in [3.63, 3.8) is 0 Å². The van der Waals surface area contributed by atoms with Crippen LogP contribution >= 0.6 is 0 Å². The smallest absolute Gasteiger partial charge is 0.409 e. The van der Waals surface area contributed by atoms with Crippen LogP contribution in [0.25, 0.3) is 11.1 Å². The first-order chi connectivity index (χ1) is 13.9. The van der Waals surface area contributed by atoms with Gasteiger partial charge in [0.25, 0.3) is 0 Å². The maximum absolute atomic E-state index is 11.7. The van der Waals surface area contributed by atoms with Crippen LogP contribution in [-0.2, 0) is 14.6 Å². The average Bonchev–Trinajstić information content (AvgIpc) is 2.73. The summed E-state index contributed by atoms with van der Waals surface area (Å²) in [6.07, 6.45) is 4.64. The third-order valence-electron chi connectivity index (χ3n) is 5.09. The van der Waals surface area contributed by atoms with Crippen molar-refractivity contribution in [3.8, 4) is 11.1 Å². The van der Waals surface area contributed by atoms with Gasteiger partial charge >= 0.3 is 6.09 Å². The van der Waals surface area contributed by atoms with E-state index in [2.05, 4.69) is 10.3 Å². The van der Waals surface area contributed by atoms with Crippen LogP contribution in [0.5, 0.6) is 0 Å². The first-order valence-electron chi connectivity index (χ1n) is 9.79. The Hall–Kier alpha value is -2.61. The lowest BCUT2D eigenvalue weighted by Crippen LogP contribution is -2.40. The van der Waals surface area contributed by atoms with E-state index in [0.29, 0.717) is 17.4 Å². The number of rotatable bonds is 6. The molecule has 3 rings (SSSR count). The molecule has 1 amide bonds. The van der Waals surface area contributed by atoms with Gasteiger partial charge in [-0.25, -0.2) is 18.2 Å². The second-order valence-corrected chi connectivity index (χ2v) is 9.25. The van der Waals surface area contributed by atoms with Gasteiger partial charge in [0.2, 0.25) is 0 Å². The van der Waals surface area contributed by atoms with Crippen molar-refractivity contribution < 1.29 is 17.9 Å². The zero-order valence-electron chi connectivity index (χ0n) is 16.8.